The van der Waals surface area contributed by atoms with Crippen LogP contribution in [0.4, 0.5) is 0 Å². The minimum Gasteiger partial charge on any atom is -0.493 e. The molecular formula is C35H37NO5. The highest BCUT2D eigenvalue weighted by atomic mass is 16.5. The number of carbonyl (C=O) groups excluding carboxylic acids is 2. The summed E-state index contributed by atoms with van der Waals surface area (Å²) in [4.78, 5) is 32.5. The minimum absolute atomic E-state index is 0.0610. The lowest BCUT2D eigenvalue weighted by atomic mass is 9.66. The first-order valence-electron chi connectivity index (χ1n) is 14.4. The fourth-order valence-electron chi connectivity index (χ4n) is 5.96. The van der Waals surface area contributed by atoms with Crippen molar-refractivity contribution in [3.8, 4) is 11.5 Å². The van der Waals surface area contributed by atoms with Gasteiger partial charge in [0.2, 0.25) is 0 Å². The lowest BCUT2D eigenvalue weighted by Gasteiger charge is -2.38. The van der Waals surface area contributed by atoms with E-state index in [-0.39, 0.29) is 18.3 Å². The number of hydrogen-bond acceptors (Lipinski definition) is 6. The quantitative estimate of drug-likeness (QED) is 0.258. The lowest BCUT2D eigenvalue weighted by Crippen LogP contribution is -2.41. The Morgan fingerprint density at radius 1 is 0.878 bits per heavy atom. The largest absolute Gasteiger partial charge is 0.493 e. The first kappa shape index (κ1) is 28.3. The van der Waals surface area contributed by atoms with E-state index in [4.69, 9.17) is 19.2 Å². The Morgan fingerprint density at radius 2 is 1.61 bits per heavy atom. The van der Waals surface area contributed by atoms with Crippen molar-refractivity contribution >= 4 is 17.5 Å². The molecule has 41 heavy (non-hydrogen) atoms. The van der Waals surface area contributed by atoms with Crippen molar-refractivity contribution in [3.05, 3.63) is 107 Å². The van der Waals surface area contributed by atoms with E-state index in [0.29, 0.717) is 48.6 Å². The molecule has 1 aliphatic carbocycles. The highest BCUT2D eigenvalue weighted by Gasteiger charge is 2.46. The van der Waals surface area contributed by atoms with E-state index in [0.717, 1.165) is 28.8 Å². The molecule has 1 aliphatic heterocycles. The number of hydrogen-bond donors (Lipinski definition) is 0. The summed E-state index contributed by atoms with van der Waals surface area (Å²) in [7, 11) is 1.60. The lowest BCUT2D eigenvalue weighted by molar-refractivity contribution is -0.139. The second-order valence-electron chi connectivity index (χ2n) is 10.7. The molecule has 1 unspecified atom stereocenters. The number of benzene rings is 3. The molecule has 0 aromatic heterocycles. The Morgan fingerprint density at radius 3 is 2.32 bits per heavy atom. The number of fused-ring (bicyclic) bond motifs is 1. The first-order chi connectivity index (χ1) is 20.0. The Kier molecular flexibility index (Phi) is 8.98. The monoisotopic (exact) mass is 551 g/mol. The molecule has 2 aliphatic rings. The van der Waals surface area contributed by atoms with Crippen LogP contribution in [0.15, 0.2) is 95.1 Å². The van der Waals surface area contributed by atoms with E-state index in [1.54, 1.807) is 7.11 Å². The van der Waals surface area contributed by atoms with Crippen molar-refractivity contribution in [2.24, 2.45) is 10.9 Å². The maximum atomic E-state index is 13.9. The van der Waals surface area contributed by atoms with E-state index < -0.39 is 17.8 Å². The highest BCUT2D eigenvalue weighted by Crippen LogP contribution is 2.47. The number of carbonyl (C=O) groups is 2. The summed E-state index contributed by atoms with van der Waals surface area (Å²) < 4.78 is 17.4. The van der Waals surface area contributed by atoms with Gasteiger partial charge in [0.05, 0.1) is 31.8 Å². The predicted molar refractivity (Wildman–Crippen MR) is 160 cm³/mol. The van der Waals surface area contributed by atoms with Crippen molar-refractivity contribution in [2.45, 2.75) is 51.4 Å². The fourth-order valence-corrected chi connectivity index (χ4v) is 5.96. The highest BCUT2D eigenvalue weighted by molar-refractivity contribution is 6.12. The molecule has 0 bridgehead atoms. The Hall–Kier alpha value is -4.19. The van der Waals surface area contributed by atoms with Gasteiger partial charge in [-0.15, -0.1) is 0 Å². The van der Waals surface area contributed by atoms with Crippen LogP contribution in [-0.2, 0) is 20.7 Å². The summed E-state index contributed by atoms with van der Waals surface area (Å²) in [6, 6.07) is 25.7. The zero-order chi connectivity index (χ0) is 28.8. The van der Waals surface area contributed by atoms with Crippen molar-refractivity contribution in [1.29, 1.82) is 0 Å². The fraction of sp³-hybridized carbons (Fsp3) is 0.343. The van der Waals surface area contributed by atoms with E-state index in [1.807, 2.05) is 80.6 Å². The van der Waals surface area contributed by atoms with Gasteiger partial charge in [0.1, 0.15) is 5.78 Å². The van der Waals surface area contributed by atoms with Gasteiger partial charge in [0, 0.05) is 30.2 Å². The van der Waals surface area contributed by atoms with Crippen LogP contribution in [0, 0.1) is 5.92 Å². The van der Waals surface area contributed by atoms with E-state index in [1.165, 1.54) is 0 Å². The van der Waals surface area contributed by atoms with Crippen LogP contribution >= 0.6 is 0 Å². The van der Waals surface area contributed by atoms with Crippen molar-refractivity contribution in [3.63, 3.8) is 0 Å². The van der Waals surface area contributed by atoms with Gasteiger partial charge < -0.3 is 14.2 Å². The van der Waals surface area contributed by atoms with Gasteiger partial charge in [0.25, 0.3) is 0 Å². The van der Waals surface area contributed by atoms with Gasteiger partial charge in [-0.3, -0.25) is 9.79 Å². The molecule has 6 heteroatoms. The average molecular weight is 552 g/mol. The minimum atomic E-state index is -0.539. The zero-order valence-electron chi connectivity index (χ0n) is 24.0. The van der Waals surface area contributed by atoms with Crippen LogP contribution in [0.2, 0.25) is 0 Å². The van der Waals surface area contributed by atoms with Crippen LogP contribution in [0.3, 0.4) is 0 Å². The molecule has 5 rings (SSSR count). The number of rotatable bonds is 10. The van der Waals surface area contributed by atoms with Crippen LogP contribution in [-0.4, -0.2) is 37.8 Å². The summed E-state index contributed by atoms with van der Waals surface area (Å²) in [5.41, 5.74) is 4.88. The van der Waals surface area contributed by atoms with Gasteiger partial charge in [0.15, 0.2) is 11.5 Å². The molecule has 0 amide bonds. The van der Waals surface area contributed by atoms with Crippen LogP contribution in [0.5, 0.6) is 11.5 Å². The molecule has 1 fully saturated rings. The maximum Gasteiger partial charge on any atom is 0.336 e. The number of nitrogens with zero attached hydrogens (tertiary/aromatic N) is 1. The van der Waals surface area contributed by atoms with Crippen molar-refractivity contribution < 1.29 is 23.8 Å². The molecule has 3 atom stereocenters. The summed E-state index contributed by atoms with van der Waals surface area (Å²) in [5.74, 6) is -0.149. The van der Waals surface area contributed by atoms with Gasteiger partial charge in [-0.05, 0) is 54.5 Å². The molecule has 3 aromatic rings. The third-order valence-corrected chi connectivity index (χ3v) is 7.92. The first-order valence-corrected chi connectivity index (χ1v) is 14.4. The van der Waals surface area contributed by atoms with Crippen LogP contribution in [0.25, 0.3) is 0 Å². The number of esters is 1. The van der Waals surface area contributed by atoms with E-state index >= 15 is 0 Å². The number of methoxy groups -OCH3 is 1. The predicted octanol–water partition coefficient (Wildman–Crippen LogP) is 6.85. The molecular weight excluding hydrogens is 514 g/mol. The number of aliphatic imine (C=N–C) groups is 1. The second-order valence-corrected chi connectivity index (χ2v) is 10.7. The SMILES string of the molecule is CCCOc1ccc([C@H]2C(C(=O)OCCc3ccccc3)=C(C)N=C3C[C@H](c4ccccc4)CC(=O)C32)cc1OC. The maximum absolute atomic E-state index is 13.9. The topological polar surface area (TPSA) is 74.2 Å². The second kappa shape index (κ2) is 13.0. The number of ketones is 1. The molecule has 1 saturated carbocycles. The molecule has 0 spiro atoms. The average Bonchev–Trinajstić information content (AvgIpc) is 3.00. The summed E-state index contributed by atoms with van der Waals surface area (Å²) >= 11 is 0. The van der Waals surface area contributed by atoms with Crippen molar-refractivity contribution in [2.75, 3.05) is 20.3 Å². The standard InChI is InChI=1S/C35H37NO5/c1-4-18-40-30-16-15-26(22-31(30)39-3)33-32(35(38)41-19-17-24-11-7-5-8-12-24)23(2)36-28-20-27(21-29(37)34(28)33)25-13-9-6-10-14-25/h5-16,22,27,33-34H,4,17-21H2,1-3H3/t27-,33-,34?/m0/s1. The third-order valence-electron chi connectivity index (χ3n) is 7.92. The Labute approximate surface area is 242 Å². The smallest absolute Gasteiger partial charge is 0.336 e. The van der Waals surface area contributed by atoms with Crippen LogP contribution in [0.1, 0.15) is 61.6 Å². The normalized spacial score (nSPS) is 20.2. The van der Waals surface area contributed by atoms with E-state index in [9.17, 15) is 9.59 Å². The Bertz CT molecular complexity index is 1440. The molecule has 3 aromatic carbocycles. The summed E-state index contributed by atoms with van der Waals surface area (Å²) in [6.45, 7) is 4.70. The third kappa shape index (κ3) is 6.27. The number of allylic oxidation sites excluding steroid dienone is 1. The molecule has 0 radical (unpaired) electrons. The molecule has 0 saturated heterocycles. The molecule has 0 N–H and O–H groups in total. The van der Waals surface area contributed by atoms with Gasteiger partial charge in [-0.2, -0.15) is 0 Å². The number of ether oxygens (including phenoxy) is 3. The molecule has 212 valence electrons. The summed E-state index contributed by atoms with van der Waals surface area (Å²) in [5, 5.41) is 0. The van der Waals surface area contributed by atoms with Gasteiger partial charge in [-0.1, -0.05) is 73.7 Å². The van der Waals surface area contributed by atoms with Gasteiger partial charge >= 0.3 is 5.97 Å². The van der Waals surface area contributed by atoms with Gasteiger partial charge in [-0.25, -0.2) is 4.79 Å². The zero-order valence-corrected chi connectivity index (χ0v) is 24.0. The van der Waals surface area contributed by atoms with Crippen molar-refractivity contribution in [1.82, 2.24) is 0 Å². The Balaban J connectivity index is 1.50. The van der Waals surface area contributed by atoms with Crippen LogP contribution < -0.4 is 9.47 Å². The number of Topliss-reactive ketones (excluding diaryl/α,β-unsaturated/α-hetero) is 1. The van der Waals surface area contributed by atoms with E-state index in [2.05, 4.69) is 12.1 Å². The molecule has 6 nitrogen and oxygen atoms in total. The molecule has 1 heterocycles. The summed E-state index contributed by atoms with van der Waals surface area (Å²) in [6.07, 6.45) is 2.54.